The highest BCUT2D eigenvalue weighted by atomic mass is 19.1. The Morgan fingerprint density at radius 2 is 1.86 bits per heavy atom. The third kappa shape index (κ3) is 3.70. The summed E-state index contributed by atoms with van der Waals surface area (Å²) < 4.78 is 21.4. The number of fused-ring (bicyclic) bond motifs is 1. The van der Waals surface area contributed by atoms with Crippen LogP contribution in [0.1, 0.15) is 49.0 Å². The van der Waals surface area contributed by atoms with Crippen molar-refractivity contribution in [1.29, 1.82) is 0 Å². The molecule has 0 radical (unpaired) electrons. The fraction of sp³-hybridized carbons (Fsp3) is 0.433. The second-order valence-corrected chi connectivity index (χ2v) is 11.3. The molecule has 7 heteroatoms. The SMILES string of the molecule is Cc1oc2ccc(-c3ccc(C4=NC5(CC5)C(=O)N4C[C@@H]4CCN(C(=O)C5CC5)C4)c(F)c3)cc2c1C. The third-order valence-corrected chi connectivity index (χ3v) is 8.63. The first-order valence-electron chi connectivity index (χ1n) is 13.3. The van der Waals surface area contributed by atoms with Crippen molar-refractivity contribution in [2.45, 2.75) is 51.5 Å². The van der Waals surface area contributed by atoms with E-state index in [9.17, 15) is 9.59 Å². The van der Waals surface area contributed by atoms with Crippen LogP contribution in [-0.2, 0) is 9.59 Å². The molecule has 1 aromatic heterocycles. The number of benzene rings is 2. The maximum absolute atomic E-state index is 15.6. The molecule has 2 amide bonds. The molecule has 1 saturated heterocycles. The van der Waals surface area contributed by atoms with Crippen molar-refractivity contribution in [2.24, 2.45) is 16.8 Å². The van der Waals surface area contributed by atoms with Crippen LogP contribution in [0, 0.1) is 31.5 Å². The maximum Gasteiger partial charge on any atom is 0.256 e. The molecule has 2 aliphatic carbocycles. The van der Waals surface area contributed by atoms with Gasteiger partial charge in [-0.05, 0) is 92.8 Å². The zero-order valence-corrected chi connectivity index (χ0v) is 21.2. The quantitative estimate of drug-likeness (QED) is 0.483. The van der Waals surface area contributed by atoms with Gasteiger partial charge in [-0.15, -0.1) is 0 Å². The van der Waals surface area contributed by atoms with Crippen LogP contribution >= 0.6 is 0 Å². The monoisotopic (exact) mass is 499 g/mol. The number of nitrogens with zero attached hydrogens (tertiary/aromatic N) is 3. The summed E-state index contributed by atoms with van der Waals surface area (Å²) in [7, 11) is 0. The standard InChI is InChI=1S/C30H30FN3O3/c1-17-18(2)37-26-8-6-21(13-24(17)26)22-5-7-23(25(31)14-22)27-32-30(10-11-30)29(36)34(27)16-19-9-12-33(15-19)28(35)20-3-4-20/h5-8,13-14,19-20H,3-4,9-12,15-16H2,1-2H3/t19-/m1/s1. The molecular formula is C30H30FN3O3. The lowest BCUT2D eigenvalue weighted by Gasteiger charge is -2.24. The fourth-order valence-electron chi connectivity index (χ4n) is 5.90. The lowest BCUT2D eigenvalue weighted by atomic mass is 10.00. The second kappa shape index (κ2) is 8.01. The normalized spacial score (nSPS) is 22.4. The molecule has 37 heavy (non-hydrogen) atoms. The Labute approximate surface area is 215 Å². The van der Waals surface area contributed by atoms with Crippen molar-refractivity contribution in [3.05, 3.63) is 59.1 Å². The van der Waals surface area contributed by atoms with Crippen LogP contribution in [0.3, 0.4) is 0 Å². The molecule has 0 bridgehead atoms. The summed E-state index contributed by atoms with van der Waals surface area (Å²) in [6.45, 7) is 5.85. The molecule has 6 nitrogen and oxygen atoms in total. The van der Waals surface area contributed by atoms with Crippen LogP contribution in [0.4, 0.5) is 4.39 Å². The average Bonchev–Trinajstić information content (AvgIpc) is 3.80. The summed E-state index contributed by atoms with van der Waals surface area (Å²) in [5.74, 6) is 1.56. The summed E-state index contributed by atoms with van der Waals surface area (Å²) in [4.78, 5) is 34.3. The van der Waals surface area contributed by atoms with Crippen LogP contribution in [0.15, 0.2) is 45.8 Å². The molecule has 3 heterocycles. The number of aliphatic imine (C=N–C) groups is 1. The average molecular weight is 500 g/mol. The number of halogens is 1. The van der Waals surface area contributed by atoms with Crippen LogP contribution < -0.4 is 0 Å². The molecule has 1 atom stereocenters. The number of rotatable bonds is 5. The van der Waals surface area contributed by atoms with E-state index in [1.54, 1.807) is 11.0 Å². The van der Waals surface area contributed by atoms with Gasteiger partial charge in [0.05, 0.1) is 5.56 Å². The summed E-state index contributed by atoms with van der Waals surface area (Å²) in [6.07, 6.45) is 4.28. The number of aryl methyl sites for hydroxylation is 2. The van der Waals surface area contributed by atoms with E-state index in [1.807, 2.05) is 43.0 Å². The van der Waals surface area contributed by atoms with Crippen LogP contribution in [-0.4, -0.2) is 52.6 Å². The topological polar surface area (TPSA) is 66.1 Å². The summed E-state index contributed by atoms with van der Waals surface area (Å²) in [6, 6.07) is 11.1. The molecule has 0 unspecified atom stereocenters. The van der Waals surface area contributed by atoms with Crippen molar-refractivity contribution >= 4 is 28.6 Å². The Morgan fingerprint density at radius 3 is 2.59 bits per heavy atom. The van der Waals surface area contributed by atoms with Crippen LogP contribution in [0.5, 0.6) is 0 Å². The van der Waals surface area contributed by atoms with Crippen molar-refractivity contribution < 1.29 is 18.4 Å². The number of furan rings is 1. The van der Waals surface area contributed by atoms with E-state index in [0.29, 0.717) is 37.3 Å². The zero-order valence-electron chi connectivity index (χ0n) is 21.2. The second-order valence-electron chi connectivity index (χ2n) is 11.3. The van der Waals surface area contributed by atoms with E-state index >= 15 is 4.39 Å². The molecule has 1 spiro atoms. The van der Waals surface area contributed by atoms with Crippen molar-refractivity contribution in [3.63, 3.8) is 0 Å². The van der Waals surface area contributed by atoms with Gasteiger partial charge in [-0.25, -0.2) is 4.39 Å². The van der Waals surface area contributed by atoms with Gasteiger partial charge in [-0.2, -0.15) is 0 Å². The summed E-state index contributed by atoms with van der Waals surface area (Å²) in [5.41, 5.74) is 3.25. The van der Waals surface area contributed by atoms with Crippen LogP contribution in [0.25, 0.3) is 22.1 Å². The highest BCUT2D eigenvalue weighted by Crippen LogP contribution is 2.46. The minimum atomic E-state index is -0.704. The lowest BCUT2D eigenvalue weighted by Crippen LogP contribution is -2.41. The lowest BCUT2D eigenvalue weighted by molar-refractivity contribution is -0.131. The van der Waals surface area contributed by atoms with Gasteiger partial charge in [0.2, 0.25) is 5.91 Å². The Hall–Kier alpha value is -3.48. The van der Waals surface area contributed by atoms with Gasteiger partial charge in [0, 0.05) is 30.9 Å². The molecule has 2 aromatic carbocycles. The van der Waals surface area contributed by atoms with E-state index in [2.05, 4.69) is 0 Å². The van der Waals surface area contributed by atoms with Gasteiger partial charge < -0.3 is 9.32 Å². The number of carbonyl (C=O) groups excluding carboxylic acids is 2. The molecule has 190 valence electrons. The first kappa shape index (κ1) is 22.7. The molecule has 0 N–H and O–H groups in total. The maximum atomic E-state index is 15.6. The Balaban J connectivity index is 1.16. The van der Waals surface area contributed by atoms with Crippen LogP contribution in [0.2, 0.25) is 0 Å². The minimum Gasteiger partial charge on any atom is -0.461 e. The molecule has 2 saturated carbocycles. The van der Waals surface area contributed by atoms with Gasteiger partial charge in [-0.3, -0.25) is 19.5 Å². The van der Waals surface area contributed by atoms with Gasteiger partial charge in [-0.1, -0.05) is 12.1 Å². The molecule has 4 aliphatic rings. The van der Waals surface area contributed by atoms with Gasteiger partial charge in [0.1, 0.15) is 28.5 Å². The molecule has 2 aliphatic heterocycles. The summed E-state index contributed by atoms with van der Waals surface area (Å²) >= 11 is 0. The number of amidine groups is 1. The Bertz CT molecular complexity index is 1500. The number of hydrogen-bond donors (Lipinski definition) is 0. The number of carbonyl (C=O) groups is 2. The highest BCUT2D eigenvalue weighted by Gasteiger charge is 2.58. The van der Waals surface area contributed by atoms with Gasteiger partial charge >= 0.3 is 0 Å². The van der Waals surface area contributed by atoms with E-state index in [-0.39, 0.29) is 29.5 Å². The van der Waals surface area contributed by atoms with Crippen molar-refractivity contribution in [1.82, 2.24) is 9.80 Å². The first-order chi connectivity index (χ1) is 17.8. The Kier molecular flexibility index (Phi) is 4.91. The molecule has 3 aromatic rings. The summed E-state index contributed by atoms with van der Waals surface area (Å²) in [5, 5.41) is 1.03. The number of likely N-dealkylation sites (tertiary alicyclic amines) is 1. The predicted molar refractivity (Wildman–Crippen MR) is 139 cm³/mol. The van der Waals surface area contributed by atoms with Gasteiger partial charge in [0.25, 0.3) is 5.91 Å². The third-order valence-electron chi connectivity index (χ3n) is 8.63. The smallest absolute Gasteiger partial charge is 0.256 e. The Morgan fingerprint density at radius 1 is 1.11 bits per heavy atom. The van der Waals surface area contributed by atoms with Crippen molar-refractivity contribution in [3.8, 4) is 11.1 Å². The first-order valence-corrected chi connectivity index (χ1v) is 13.3. The zero-order chi connectivity index (χ0) is 25.5. The highest BCUT2D eigenvalue weighted by molar-refractivity contribution is 6.16. The molecular weight excluding hydrogens is 469 g/mol. The minimum absolute atomic E-state index is 0.0193. The van der Waals surface area contributed by atoms with E-state index in [1.165, 1.54) is 6.07 Å². The largest absolute Gasteiger partial charge is 0.461 e. The van der Waals surface area contributed by atoms with E-state index in [0.717, 1.165) is 59.2 Å². The molecule has 3 fully saturated rings. The molecule has 7 rings (SSSR count). The number of hydrogen-bond acceptors (Lipinski definition) is 4. The predicted octanol–water partition coefficient (Wildman–Crippen LogP) is 5.24. The van der Waals surface area contributed by atoms with Crippen molar-refractivity contribution in [2.75, 3.05) is 19.6 Å². The fourth-order valence-corrected chi connectivity index (χ4v) is 5.90. The number of amides is 2. The van der Waals surface area contributed by atoms with E-state index < -0.39 is 5.54 Å². The van der Waals surface area contributed by atoms with E-state index in [4.69, 9.17) is 9.41 Å². The van der Waals surface area contributed by atoms with Gasteiger partial charge in [0.15, 0.2) is 0 Å².